The largest absolute Gasteiger partial charge is 0.481 e. The minimum Gasteiger partial charge on any atom is -0.481 e. The van der Waals surface area contributed by atoms with Crippen molar-refractivity contribution in [3.63, 3.8) is 0 Å². The molecule has 7 heteroatoms. The molecule has 0 spiro atoms. The number of hydrogen-bond acceptors (Lipinski definition) is 5. The second-order valence-corrected chi connectivity index (χ2v) is 5.48. The van der Waals surface area contributed by atoms with Crippen LogP contribution in [-0.4, -0.2) is 31.4 Å². The number of fused-ring (bicyclic) bond motifs is 1. The Labute approximate surface area is 124 Å². The zero-order valence-corrected chi connectivity index (χ0v) is 12.1. The molecule has 0 aromatic carbocycles. The van der Waals surface area contributed by atoms with Gasteiger partial charge in [-0.05, 0) is 30.7 Å². The molecule has 0 radical (unpaired) electrons. The minimum absolute atomic E-state index is 0.0411. The van der Waals surface area contributed by atoms with Crippen LogP contribution in [0.4, 0.5) is 0 Å². The monoisotopic (exact) mass is 303 g/mol. The van der Waals surface area contributed by atoms with Crippen LogP contribution in [0.3, 0.4) is 0 Å². The lowest BCUT2D eigenvalue weighted by Gasteiger charge is -2.05. The molecule has 3 aromatic rings. The molecule has 0 amide bonds. The number of carboxylic acid groups (broad SMARTS) is 1. The van der Waals surface area contributed by atoms with Crippen LogP contribution in [0.5, 0.6) is 0 Å². The Kier molecular flexibility index (Phi) is 3.66. The molecule has 0 saturated carbocycles. The Balaban J connectivity index is 2.06. The Bertz CT molecular complexity index is 780. The topological polar surface area (TPSA) is 81.1 Å². The van der Waals surface area contributed by atoms with E-state index >= 15 is 0 Å². The number of aryl methyl sites for hydroxylation is 1. The molecular weight excluding hydrogens is 290 g/mol. The number of rotatable bonds is 5. The second-order valence-electron chi connectivity index (χ2n) is 4.54. The SMILES string of the molecule is Cc1ccnc2c1nc(SCC(=O)O)n2Cc1ccco1. The number of carboxylic acids is 1. The van der Waals surface area contributed by atoms with Crippen LogP contribution in [0.15, 0.2) is 40.2 Å². The van der Waals surface area contributed by atoms with Gasteiger partial charge in [0.25, 0.3) is 0 Å². The summed E-state index contributed by atoms with van der Waals surface area (Å²) < 4.78 is 7.25. The third-order valence-electron chi connectivity index (χ3n) is 3.02. The molecule has 3 heterocycles. The van der Waals surface area contributed by atoms with Crippen molar-refractivity contribution in [2.24, 2.45) is 0 Å². The highest BCUT2D eigenvalue weighted by Gasteiger charge is 2.16. The number of hydrogen-bond donors (Lipinski definition) is 1. The maximum atomic E-state index is 10.8. The first kappa shape index (κ1) is 13.7. The van der Waals surface area contributed by atoms with Crippen LogP contribution in [0, 0.1) is 6.92 Å². The lowest BCUT2D eigenvalue weighted by atomic mass is 10.3. The van der Waals surface area contributed by atoms with Gasteiger partial charge in [-0.25, -0.2) is 9.97 Å². The van der Waals surface area contributed by atoms with E-state index in [9.17, 15) is 4.79 Å². The first-order valence-corrected chi connectivity index (χ1v) is 7.32. The number of pyridine rings is 1. The van der Waals surface area contributed by atoms with E-state index in [1.807, 2.05) is 29.7 Å². The molecule has 0 bridgehead atoms. The van der Waals surface area contributed by atoms with E-state index in [-0.39, 0.29) is 5.75 Å². The molecule has 108 valence electrons. The molecule has 0 unspecified atom stereocenters. The van der Waals surface area contributed by atoms with Gasteiger partial charge in [0.05, 0.1) is 18.6 Å². The van der Waals surface area contributed by atoms with Crippen molar-refractivity contribution in [1.29, 1.82) is 0 Å². The van der Waals surface area contributed by atoms with Gasteiger partial charge in [0.2, 0.25) is 0 Å². The summed E-state index contributed by atoms with van der Waals surface area (Å²) in [5.41, 5.74) is 2.53. The number of aromatic nitrogens is 3. The molecule has 0 aliphatic rings. The average molecular weight is 303 g/mol. The quantitative estimate of drug-likeness (QED) is 0.730. The first-order valence-electron chi connectivity index (χ1n) is 6.34. The Hall–Kier alpha value is -2.28. The van der Waals surface area contributed by atoms with Gasteiger partial charge >= 0.3 is 5.97 Å². The van der Waals surface area contributed by atoms with Gasteiger partial charge in [0.15, 0.2) is 10.8 Å². The zero-order chi connectivity index (χ0) is 14.8. The van der Waals surface area contributed by atoms with Crippen LogP contribution < -0.4 is 0 Å². The van der Waals surface area contributed by atoms with Crippen molar-refractivity contribution in [2.45, 2.75) is 18.6 Å². The van der Waals surface area contributed by atoms with Crippen molar-refractivity contribution in [2.75, 3.05) is 5.75 Å². The standard InChI is InChI=1S/C14H13N3O3S/c1-9-4-5-15-13-12(9)16-14(21-8-11(18)19)17(13)7-10-3-2-6-20-10/h2-6H,7-8H2,1H3,(H,18,19). The predicted molar refractivity (Wildman–Crippen MR) is 78.4 cm³/mol. The van der Waals surface area contributed by atoms with Crippen LogP contribution in [0.1, 0.15) is 11.3 Å². The summed E-state index contributed by atoms with van der Waals surface area (Å²) >= 11 is 1.18. The number of aliphatic carboxylic acids is 1. The van der Waals surface area contributed by atoms with Crippen molar-refractivity contribution < 1.29 is 14.3 Å². The minimum atomic E-state index is -0.874. The lowest BCUT2D eigenvalue weighted by molar-refractivity contribution is -0.133. The number of furan rings is 1. The predicted octanol–water partition coefficient (Wildman–Crippen LogP) is 2.56. The van der Waals surface area contributed by atoms with Gasteiger partial charge in [-0.15, -0.1) is 0 Å². The van der Waals surface area contributed by atoms with E-state index in [1.54, 1.807) is 12.5 Å². The van der Waals surface area contributed by atoms with Gasteiger partial charge < -0.3 is 9.52 Å². The summed E-state index contributed by atoms with van der Waals surface area (Å²) in [5, 5.41) is 9.49. The summed E-state index contributed by atoms with van der Waals surface area (Å²) in [6.07, 6.45) is 3.33. The van der Waals surface area contributed by atoms with E-state index in [2.05, 4.69) is 9.97 Å². The smallest absolute Gasteiger partial charge is 0.313 e. The molecule has 0 aliphatic heterocycles. The summed E-state index contributed by atoms with van der Waals surface area (Å²) in [6.45, 7) is 2.43. The Morgan fingerprint density at radius 2 is 2.33 bits per heavy atom. The maximum Gasteiger partial charge on any atom is 0.313 e. The molecule has 6 nitrogen and oxygen atoms in total. The van der Waals surface area contributed by atoms with E-state index in [4.69, 9.17) is 9.52 Å². The Morgan fingerprint density at radius 1 is 1.48 bits per heavy atom. The fourth-order valence-corrected chi connectivity index (χ4v) is 2.77. The molecule has 3 rings (SSSR count). The number of nitrogens with zero attached hydrogens (tertiary/aromatic N) is 3. The van der Waals surface area contributed by atoms with E-state index in [0.717, 1.165) is 22.5 Å². The molecular formula is C14H13N3O3S. The number of imidazole rings is 1. The van der Waals surface area contributed by atoms with Crippen molar-refractivity contribution >= 4 is 28.9 Å². The van der Waals surface area contributed by atoms with Crippen LogP contribution in [-0.2, 0) is 11.3 Å². The van der Waals surface area contributed by atoms with Crippen LogP contribution in [0.2, 0.25) is 0 Å². The summed E-state index contributed by atoms with van der Waals surface area (Å²) in [5.74, 6) is -0.142. The highest BCUT2D eigenvalue weighted by Crippen LogP contribution is 2.25. The van der Waals surface area contributed by atoms with Crippen LogP contribution >= 0.6 is 11.8 Å². The molecule has 21 heavy (non-hydrogen) atoms. The second kappa shape index (κ2) is 5.61. The van der Waals surface area contributed by atoms with Gasteiger partial charge in [-0.1, -0.05) is 11.8 Å². The molecule has 0 saturated heterocycles. The first-order chi connectivity index (χ1) is 10.1. The molecule has 0 atom stereocenters. The Morgan fingerprint density at radius 3 is 3.05 bits per heavy atom. The van der Waals surface area contributed by atoms with Gasteiger partial charge in [0.1, 0.15) is 11.3 Å². The zero-order valence-electron chi connectivity index (χ0n) is 11.3. The van der Waals surface area contributed by atoms with Crippen molar-refractivity contribution in [3.8, 4) is 0 Å². The normalized spacial score (nSPS) is 11.1. The maximum absolute atomic E-state index is 10.8. The third kappa shape index (κ3) is 2.78. The number of thioether (sulfide) groups is 1. The van der Waals surface area contributed by atoms with E-state index < -0.39 is 5.97 Å². The number of carbonyl (C=O) groups is 1. The third-order valence-corrected chi connectivity index (χ3v) is 3.98. The van der Waals surface area contributed by atoms with E-state index in [1.165, 1.54) is 11.8 Å². The molecule has 1 N–H and O–H groups in total. The van der Waals surface area contributed by atoms with Crippen molar-refractivity contribution in [3.05, 3.63) is 42.0 Å². The van der Waals surface area contributed by atoms with Gasteiger partial charge in [-0.2, -0.15) is 0 Å². The molecule has 0 aliphatic carbocycles. The van der Waals surface area contributed by atoms with Crippen LogP contribution in [0.25, 0.3) is 11.2 Å². The lowest BCUT2D eigenvalue weighted by Crippen LogP contribution is -2.04. The highest BCUT2D eigenvalue weighted by atomic mass is 32.2. The molecule has 3 aromatic heterocycles. The highest BCUT2D eigenvalue weighted by molar-refractivity contribution is 7.99. The van der Waals surface area contributed by atoms with Crippen molar-refractivity contribution in [1.82, 2.24) is 14.5 Å². The fourth-order valence-electron chi connectivity index (χ4n) is 2.06. The van der Waals surface area contributed by atoms with Gasteiger partial charge in [0, 0.05) is 6.20 Å². The molecule has 0 fully saturated rings. The summed E-state index contributed by atoms with van der Waals surface area (Å²) in [4.78, 5) is 19.7. The fraction of sp³-hybridized carbons (Fsp3) is 0.214. The van der Waals surface area contributed by atoms with E-state index in [0.29, 0.717) is 11.7 Å². The average Bonchev–Trinajstić information content (AvgIpc) is 3.07. The summed E-state index contributed by atoms with van der Waals surface area (Å²) in [6, 6.07) is 5.57. The van der Waals surface area contributed by atoms with Gasteiger partial charge in [-0.3, -0.25) is 9.36 Å². The summed E-state index contributed by atoms with van der Waals surface area (Å²) in [7, 11) is 0.